The third kappa shape index (κ3) is 2.67. The Bertz CT molecular complexity index is 513. The van der Waals surface area contributed by atoms with Gasteiger partial charge in [0.05, 0.1) is 5.41 Å². The van der Waals surface area contributed by atoms with Crippen LogP contribution in [0.4, 0.5) is 0 Å². The van der Waals surface area contributed by atoms with Crippen LogP contribution in [0.3, 0.4) is 0 Å². The van der Waals surface area contributed by atoms with Crippen molar-refractivity contribution in [2.75, 3.05) is 0 Å². The van der Waals surface area contributed by atoms with E-state index in [-0.39, 0.29) is 0 Å². The molecule has 0 radical (unpaired) electrons. The molecule has 1 nitrogen and oxygen atoms in total. The van der Waals surface area contributed by atoms with Crippen LogP contribution in [0.15, 0.2) is 54.6 Å². The second-order valence-corrected chi connectivity index (χ2v) is 5.06. The number of hydrogen-bond donors (Lipinski definition) is 0. The molecule has 0 saturated carbocycles. The molecular formula is C17H18O. The Balaban J connectivity index is 2.30. The van der Waals surface area contributed by atoms with Crippen molar-refractivity contribution >= 4 is 6.29 Å². The van der Waals surface area contributed by atoms with Gasteiger partial charge in [-0.1, -0.05) is 60.2 Å². The second-order valence-electron chi connectivity index (χ2n) is 5.06. The average molecular weight is 238 g/mol. The monoisotopic (exact) mass is 238 g/mol. The Morgan fingerprint density at radius 3 is 2.17 bits per heavy atom. The molecule has 2 rings (SSSR count). The number of hydrogen-bond acceptors (Lipinski definition) is 1. The first-order valence-electron chi connectivity index (χ1n) is 6.21. The fourth-order valence-corrected chi connectivity index (χ4v) is 2.17. The molecule has 1 atom stereocenters. The molecule has 0 amide bonds. The van der Waals surface area contributed by atoms with Crippen LogP contribution >= 0.6 is 0 Å². The van der Waals surface area contributed by atoms with E-state index < -0.39 is 5.41 Å². The quantitative estimate of drug-likeness (QED) is 0.742. The molecule has 18 heavy (non-hydrogen) atoms. The maximum Gasteiger partial charge on any atom is 0.130 e. The van der Waals surface area contributed by atoms with Gasteiger partial charge < -0.3 is 4.79 Å². The number of aryl methyl sites for hydroxylation is 1. The smallest absolute Gasteiger partial charge is 0.130 e. The first-order valence-corrected chi connectivity index (χ1v) is 6.21. The van der Waals surface area contributed by atoms with E-state index in [2.05, 4.69) is 31.2 Å². The molecule has 0 spiro atoms. The van der Waals surface area contributed by atoms with Crippen molar-refractivity contribution in [2.45, 2.75) is 25.7 Å². The summed E-state index contributed by atoms with van der Waals surface area (Å²) in [5, 5.41) is 0. The van der Waals surface area contributed by atoms with Crippen molar-refractivity contribution in [3.05, 3.63) is 71.3 Å². The SMILES string of the molecule is Cc1ccc(C(C)(C=O)Cc2ccccc2)cc1. The average Bonchev–Trinajstić information content (AvgIpc) is 2.40. The second kappa shape index (κ2) is 5.18. The fraction of sp³-hybridized carbons (Fsp3) is 0.235. The lowest BCUT2D eigenvalue weighted by Gasteiger charge is -2.24. The minimum atomic E-state index is -0.449. The summed E-state index contributed by atoms with van der Waals surface area (Å²) in [6, 6.07) is 18.4. The third-order valence-corrected chi connectivity index (χ3v) is 3.39. The van der Waals surface area contributed by atoms with Crippen LogP contribution in [0, 0.1) is 6.92 Å². The summed E-state index contributed by atoms with van der Waals surface area (Å²) in [4.78, 5) is 11.5. The predicted molar refractivity (Wildman–Crippen MR) is 74.7 cm³/mol. The van der Waals surface area contributed by atoms with Gasteiger partial charge in [-0.15, -0.1) is 0 Å². The molecule has 2 aromatic carbocycles. The summed E-state index contributed by atoms with van der Waals surface area (Å²) in [6.45, 7) is 4.05. The molecule has 0 aliphatic heterocycles. The highest BCUT2D eigenvalue weighted by Gasteiger charge is 2.26. The van der Waals surface area contributed by atoms with E-state index in [0.717, 1.165) is 18.3 Å². The molecule has 0 saturated heterocycles. The van der Waals surface area contributed by atoms with Gasteiger partial charge in [0.1, 0.15) is 6.29 Å². The van der Waals surface area contributed by atoms with Gasteiger partial charge in [0.15, 0.2) is 0 Å². The van der Waals surface area contributed by atoms with Crippen LogP contribution in [0.2, 0.25) is 0 Å². The molecule has 1 heteroatoms. The summed E-state index contributed by atoms with van der Waals surface area (Å²) in [5.41, 5.74) is 3.03. The highest BCUT2D eigenvalue weighted by Crippen LogP contribution is 2.26. The Morgan fingerprint density at radius 2 is 1.61 bits per heavy atom. The van der Waals surface area contributed by atoms with Gasteiger partial charge in [0, 0.05) is 0 Å². The molecule has 0 aliphatic rings. The van der Waals surface area contributed by atoms with E-state index >= 15 is 0 Å². The lowest BCUT2D eigenvalue weighted by molar-refractivity contribution is -0.112. The summed E-state index contributed by atoms with van der Waals surface area (Å²) >= 11 is 0. The van der Waals surface area contributed by atoms with Gasteiger partial charge in [-0.2, -0.15) is 0 Å². The number of carbonyl (C=O) groups is 1. The highest BCUT2D eigenvalue weighted by atomic mass is 16.1. The van der Waals surface area contributed by atoms with Crippen LogP contribution in [-0.4, -0.2) is 6.29 Å². The normalized spacial score (nSPS) is 13.9. The molecule has 0 aliphatic carbocycles. The summed E-state index contributed by atoms with van der Waals surface area (Å²) in [7, 11) is 0. The maximum atomic E-state index is 11.5. The van der Waals surface area contributed by atoms with Gasteiger partial charge in [-0.05, 0) is 31.4 Å². The zero-order chi connectivity index (χ0) is 13.0. The Kier molecular flexibility index (Phi) is 3.61. The molecule has 0 aromatic heterocycles. The van der Waals surface area contributed by atoms with Gasteiger partial charge in [0.25, 0.3) is 0 Å². The molecule has 1 unspecified atom stereocenters. The van der Waals surface area contributed by atoms with Crippen molar-refractivity contribution in [2.24, 2.45) is 0 Å². The molecule has 0 N–H and O–H groups in total. The third-order valence-electron chi connectivity index (χ3n) is 3.39. The van der Waals surface area contributed by atoms with E-state index in [4.69, 9.17) is 0 Å². The van der Waals surface area contributed by atoms with Crippen LogP contribution in [-0.2, 0) is 16.6 Å². The van der Waals surface area contributed by atoms with E-state index in [1.165, 1.54) is 11.1 Å². The Morgan fingerprint density at radius 1 is 1.00 bits per heavy atom. The first kappa shape index (κ1) is 12.6. The summed E-state index contributed by atoms with van der Waals surface area (Å²) < 4.78 is 0. The molecule has 2 aromatic rings. The topological polar surface area (TPSA) is 17.1 Å². The van der Waals surface area contributed by atoms with Gasteiger partial charge >= 0.3 is 0 Å². The standard InChI is InChI=1S/C17H18O/c1-14-8-10-16(11-9-14)17(2,13-18)12-15-6-4-3-5-7-15/h3-11,13H,12H2,1-2H3. The number of benzene rings is 2. The van der Waals surface area contributed by atoms with E-state index in [0.29, 0.717) is 0 Å². The Hall–Kier alpha value is -1.89. The zero-order valence-electron chi connectivity index (χ0n) is 10.9. The molecule has 0 fully saturated rings. The molecule has 0 bridgehead atoms. The zero-order valence-corrected chi connectivity index (χ0v) is 10.9. The molecule has 0 heterocycles. The number of aldehydes is 1. The van der Waals surface area contributed by atoms with Crippen LogP contribution < -0.4 is 0 Å². The van der Waals surface area contributed by atoms with Crippen LogP contribution in [0.1, 0.15) is 23.6 Å². The number of rotatable bonds is 4. The first-order chi connectivity index (χ1) is 8.64. The number of carbonyl (C=O) groups excluding carboxylic acids is 1. The van der Waals surface area contributed by atoms with Crippen molar-refractivity contribution < 1.29 is 4.79 Å². The highest BCUT2D eigenvalue weighted by molar-refractivity contribution is 5.68. The van der Waals surface area contributed by atoms with E-state index in [9.17, 15) is 4.79 Å². The summed E-state index contributed by atoms with van der Waals surface area (Å²) in [6.07, 6.45) is 1.80. The minimum Gasteiger partial charge on any atom is -0.302 e. The summed E-state index contributed by atoms with van der Waals surface area (Å²) in [5.74, 6) is 0. The van der Waals surface area contributed by atoms with Gasteiger partial charge in [-0.25, -0.2) is 0 Å². The van der Waals surface area contributed by atoms with Crippen molar-refractivity contribution in [1.29, 1.82) is 0 Å². The van der Waals surface area contributed by atoms with Crippen molar-refractivity contribution in [3.63, 3.8) is 0 Å². The predicted octanol–water partition coefficient (Wildman–Crippen LogP) is 3.69. The Labute approximate surface area is 108 Å². The van der Waals surface area contributed by atoms with Crippen LogP contribution in [0.5, 0.6) is 0 Å². The fourth-order valence-electron chi connectivity index (χ4n) is 2.17. The molecule has 92 valence electrons. The lowest BCUT2D eigenvalue weighted by Crippen LogP contribution is -2.26. The maximum absolute atomic E-state index is 11.5. The van der Waals surface area contributed by atoms with Crippen LogP contribution in [0.25, 0.3) is 0 Å². The van der Waals surface area contributed by atoms with E-state index in [1.54, 1.807) is 0 Å². The van der Waals surface area contributed by atoms with Gasteiger partial charge in [0.2, 0.25) is 0 Å². The molecular weight excluding hydrogens is 220 g/mol. The lowest BCUT2D eigenvalue weighted by atomic mass is 9.78. The van der Waals surface area contributed by atoms with E-state index in [1.807, 2.05) is 37.3 Å². The van der Waals surface area contributed by atoms with Crippen molar-refractivity contribution in [1.82, 2.24) is 0 Å². The minimum absolute atomic E-state index is 0.449. The van der Waals surface area contributed by atoms with Gasteiger partial charge in [-0.3, -0.25) is 0 Å². The van der Waals surface area contributed by atoms with Crippen molar-refractivity contribution in [3.8, 4) is 0 Å². The largest absolute Gasteiger partial charge is 0.302 e.